The van der Waals surface area contributed by atoms with Crippen LogP contribution in [-0.4, -0.2) is 29.4 Å². The molecule has 1 aromatic carbocycles. The summed E-state index contributed by atoms with van der Waals surface area (Å²) < 4.78 is 4.78. The quantitative estimate of drug-likeness (QED) is 0.501. The summed E-state index contributed by atoms with van der Waals surface area (Å²) in [6.07, 6.45) is 0. The van der Waals surface area contributed by atoms with Crippen molar-refractivity contribution in [3.05, 3.63) is 39.4 Å². The molecular weight excluding hydrogens is 264 g/mol. The van der Waals surface area contributed by atoms with E-state index >= 15 is 0 Å². The molecule has 0 heterocycles. The molecule has 1 rings (SSSR count). The molecule has 0 bridgehead atoms. The number of rotatable bonds is 5. The van der Waals surface area contributed by atoms with Gasteiger partial charge in [0, 0.05) is 11.6 Å². The molecule has 0 saturated heterocycles. The lowest BCUT2D eigenvalue weighted by Crippen LogP contribution is -2.34. The maximum Gasteiger partial charge on any atom is 0.345 e. The van der Waals surface area contributed by atoms with Crippen molar-refractivity contribution in [2.24, 2.45) is 0 Å². The first-order valence-electron chi connectivity index (χ1n) is 6.03. The molecule has 0 aliphatic rings. The smallest absolute Gasteiger partial charge is 0.345 e. The van der Waals surface area contributed by atoms with E-state index in [9.17, 15) is 19.7 Å². The van der Waals surface area contributed by atoms with Crippen LogP contribution in [-0.2, 0) is 9.53 Å². The standard InChI is InChI=1S/C13H16N2O5/c1-8(2)14-11(16)7-20-13(17)10-6-4-5-9(3)12(10)15(18)19/h4-6,8H,7H2,1-3H3,(H,14,16). The minimum Gasteiger partial charge on any atom is -0.452 e. The van der Waals surface area contributed by atoms with Crippen LogP contribution in [0.25, 0.3) is 0 Å². The molecule has 0 atom stereocenters. The van der Waals surface area contributed by atoms with Crippen molar-refractivity contribution < 1.29 is 19.2 Å². The number of nitro benzene ring substituents is 1. The van der Waals surface area contributed by atoms with E-state index in [1.54, 1.807) is 13.8 Å². The van der Waals surface area contributed by atoms with Gasteiger partial charge in [-0.15, -0.1) is 0 Å². The number of aryl methyl sites for hydroxylation is 1. The maximum atomic E-state index is 11.8. The predicted molar refractivity (Wildman–Crippen MR) is 71.4 cm³/mol. The molecule has 7 heteroatoms. The number of ether oxygens (including phenoxy) is 1. The van der Waals surface area contributed by atoms with E-state index in [0.29, 0.717) is 5.56 Å². The number of nitrogens with zero attached hydrogens (tertiary/aromatic N) is 1. The molecule has 0 spiro atoms. The molecule has 0 saturated carbocycles. The third-order valence-corrected chi connectivity index (χ3v) is 2.42. The highest BCUT2D eigenvalue weighted by Gasteiger charge is 2.24. The first-order valence-corrected chi connectivity index (χ1v) is 6.03. The number of esters is 1. The topological polar surface area (TPSA) is 98.5 Å². The Balaban J connectivity index is 2.81. The summed E-state index contributed by atoms with van der Waals surface area (Å²) in [6, 6.07) is 4.27. The Hall–Kier alpha value is -2.44. The van der Waals surface area contributed by atoms with Crippen molar-refractivity contribution in [3.8, 4) is 0 Å². The number of benzene rings is 1. The zero-order valence-electron chi connectivity index (χ0n) is 11.5. The normalized spacial score (nSPS) is 10.2. The zero-order chi connectivity index (χ0) is 15.3. The lowest BCUT2D eigenvalue weighted by atomic mass is 10.1. The van der Waals surface area contributed by atoms with Gasteiger partial charge in [0.2, 0.25) is 0 Å². The van der Waals surface area contributed by atoms with E-state index in [1.807, 2.05) is 0 Å². The Morgan fingerprint density at radius 1 is 1.40 bits per heavy atom. The number of hydrogen-bond acceptors (Lipinski definition) is 5. The van der Waals surface area contributed by atoms with Gasteiger partial charge in [-0.3, -0.25) is 14.9 Å². The van der Waals surface area contributed by atoms with Crippen LogP contribution >= 0.6 is 0 Å². The summed E-state index contributed by atoms with van der Waals surface area (Å²) in [7, 11) is 0. The Bertz CT molecular complexity index is 540. The molecule has 1 amide bonds. The number of hydrogen-bond donors (Lipinski definition) is 1. The molecule has 0 unspecified atom stereocenters. The van der Waals surface area contributed by atoms with E-state index in [0.717, 1.165) is 0 Å². The van der Waals surface area contributed by atoms with Gasteiger partial charge in [0.25, 0.3) is 11.6 Å². The number of carbonyl (C=O) groups is 2. The van der Waals surface area contributed by atoms with Gasteiger partial charge in [0.05, 0.1) is 4.92 Å². The first kappa shape index (κ1) is 15.6. The van der Waals surface area contributed by atoms with Crippen molar-refractivity contribution in [2.45, 2.75) is 26.8 Å². The van der Waals surface area contributed by atoms with Gasteiger partial charge in [-0.2, -0.15) is 0 Å². The van der Waals surface area contributed by atoms with Crippen molar-refractivity contribution in [3.63, 3.8) is 0 Å². The lowest BCUT2D eigenvalue weighted by Gasteiger charge is -2.09. The van der Waals surface area contributed by atoms with E-state index in [4.69, 9.17) is 4.74 Å². The largest absolute Gasteiger partial charge is 0.452 e. The Morgan fingerprint density at radius 3 is 2.60 bits per heavy atom. The summed E-state index contributed by atoms with van der Waals surface area (Å²) in [4.78, 5) is 33.5. The second kappa shape index (κ2) is 6.65. The molecule has 0 aromatic heterocycles. The van der Waals surface area contributed by atoms with Crippen LogP contribution in [0.4, 0.5) is 5.69 Å². The molecule has 7 nitrogen and oxygen atoms in total. The van der Waals surface area contributed by atoms with Gasteiger partial charge in [0.15, 0.2) is 6.61 Å². The fourth-order valence-electron chi connectivity index (χ4n) is 1.64. The van der Waals surface area contributed by atoms with Crippen molar-refractivity contribution >= 4 is 17.6 Å². The average molecular weight is 280 g/mol. The van der Waals surface area contributed by atoms with E-state index in [2.05, 4.69) is 5.32 Å². The summed E-state index contributed by atoms with van der Waals surface area (Å²) >= 11 is 0. The number of carbonyl (C=O) groups excluding carboxylic acids is 2. The molecule has 0 radical (unpaired) electrons. The fraction of sp³-hybridized carbons (Fsp3) is 0.385. The van der Waals surface area contributed by atoms with Crippen LogP contribution in [0.3, 0.4) is 0 Å². The predicted octanol–water partition coefficient (Wildman–Crippen LogP) is 1.58. The average Bonchev–Trinajstić information content (AvgIpc) is 2.34. The van der Waals surface area contributed by atoms with Crippen LogP contribution in [0.1, 0.15) is 29.8 Å². The van der Waals surface area contributed by atoms with Crippen LogP contribution < -0.4 is 5.32 Å². The molecule has 1 N–H and O–H groups in total. The van der Waals surface area contributed by atoms with Crippen LogP contribution in [0.5, 0.6) is 0 Å². The number of nitro groups is 1. The molecular formula is C13H16N2O5. The number of para-hydroxylation sites is 1. The fourth-order valence-corrected chi connectivity index (χ4v) is 1.64. The van der Waals surface area contributed by atoms with Gasteiger partial charge in [-0.25, -0.2) is 4.79 Å². The lowest BCUT2D eigenvalue weighted by molar-refractivity contribution is -0.385. The van der Waals surface area contributed by atoms with E-state index in [-0.39, 0.29) is 17.3 Å². The molecule has 108 valence electrons. The Labute approximate surface area is 116 Å². The molecule has 0 aliphatic heterocycles. The molecule has 20 heavy (non-hydrogen) atoms. The van der Waals surface area contributed by atoms with Crippen molar-refractivity contribution in [1.29, 1.82) is 0 Å². The highest BCUT2D eigenvalue weighted by atomic mass is 16.6. The third-order valence-electron chi connectivity index (χ3n) is 2.42. The highest BCUT2D eigenvalue weighted by molar-refractivity contribution is 5.95. The van der Waals surface area contributed by atoms with E-state index in [1.165, 1.54) is 25.1 Å². The number of amides is 1. The summed E-state index contributed by atoms with van der Waals surface area (Å²) in [6.45, 7) is 4.60. The van der Waals surface area contributed by atoms with Gasteiger partial charge in [0.1, 0.15) is 5.56 Å². The summed E-state index contributed by atoms with van der Waals surface area (Å²) in [5, 5.41) is 13.5. The van der Waals surface area contributed by atoms with E-state index < -0.39 is 23.4 Å². The summed E-state index contributed by atoms with van der Waals surface area (Å²) in [5.41, 5.74) is -0.106. The van der Waals surface area contributed by atoms with Crippen molar-refractivity contribution in [2.75, 3.05) is 6.61 Å². The SMILES string of the molecule is Cc1cccc(C(=O)OCC(=O)NC(C)C)c1[N+](=O)[O-]. The maximum absolute atomic E-state index is 11.8. The molecule has 0 aliphatic carbocycles. The molecule has 1 aromatic rings. The Kier molecular flexibility index (Phi) is 5.19. The monoisotopic (exact) mass is 280 g/mol. The third kappa shape index (κ3) is 4.04. The van der Waals surface area contributed by atoms with Crippen LogP contribution in [0.2, 0.25) is 0 Å². The first-order chi connectivity index (χ1) is 9.32. The summed E-state index contributed by atoms with van der Waals surface area (Å²) in [5.74, 6) is -1.34. The minimum atomic E-state index is -0.890. The zero-order valence-corrected chi connectivity index (χ0v) is 11.5. The second-order valence-corrected chi connectivity index (χ2v) is 4.53. The second-order valence-electron chi connectivity index (χ2n) is 4.53. The molecule has 0 fully saturated rings. The highest BCUT2D eigenvalue weighted by Crippen LogP contribution is 2.23. The minimum absolute atomic E-state index is 0.0745. The van der Waals surface area contributed by atoms with Crippen LogP contribution in [0, 0.1) is 17.0 Å². The number of nitrogens with one attached hydrogen (secondary N) is 1. The van der Waals surface area contributed by atoms with Gasteiger partial charge in [-0.1, -0.05) is 12.1 Å². The van der Waals surface area contributed by atoms with Gasteiger partial charge < -0.3 is 10.1 Å². The van der Waals surface area contributed by atoms with Crippen molar-refractivity contribution in [1.82, 2.24) is 5.32 Å². The van der Waals surface area contributed by atoms with Gasteiger partial charge >= 0.3 is 5.97 Å². The van der Waals surface area contributed by atoms with Crippen LogP contribution in [0.15, 0.2) is 18.2 Å². The van der Waals surface area contributed by atoms with Gasteiger partial charge in [-0.05, 0) is 26.8 Å². The Morgan fingerprint density at radius 2 is 2.05 bits per heavy atom.